The molecule has 0 saturated heterocycles. The molecule has 100 valence electrons. The first-order valence-electron chi connectivity index (χ1n) is 6.14. The van der Waals surface area contributed by atoms with Gasteiger partial charge >= 0.3 is 0 Å². The Labute approximate surface area is 112 Å². The second kappa shape index (κ2) is 5.74. The summed E-state index contributed by atoms with van der Waals surface area (Å²) in [6.07, 6.45) is 0. The summed E-state index contributed by atoms with van der Waals surface area (Å²) in [4.78, 5) is 0. The number of ether oxygens (including phenoxy) is 2. The molecule has 0 amide bonds. The van der Waals surface area contributed by atoms with Crippen LogP contribution in [0.25, 0.3) is 0 Å². The fourth-order valence-corrected chi connectivity index (χ4v) is 2.00. The van der Waals surface area contributed by atoms with Crippen LogP contribution in [0.4, 0.5) is 4.39 Å². The monoisotopic (exact) mass is 260 g/mol. The molecule has 0 bridgehead atoms. The van der Waals surface area contributed by atoms with E-state index in [2.05, 4.69) is 0 Å². The summed E-state index contributed by atoms with van der Waals surface area (Å²) in [6, 6.07) is 11.0. The smallest absolute Gasteiger partial charge is 0.171 e. The molecule has 0 aliphatic carbocycles. The average Bonchev–Trinajstić information content (AvgIpc) is 2.40. The van der Waals surface area contributed by atoms with Crippen LogP contribution in [0.2, 0.25) is 0 Å². The first-order valence-corrected chi connectivity index (χ1v) is 6.14. The van der Waals surface area contributed by atoms with Crippen LogP contribution in [0.1, 0.15) is 16.7 Å². The van der Waals surface area contributed by atoms with E-state index >= 15 is 0 Å². The lowest BCUT2D eigenvalue weighted by Crippen LogP contribution is -2.02. The van der Waals surface area contributed by atoms with Crippen molar-refractivity contribution in [2.45, 2.75) is 20.5 Å². The van der Waals surface area contributed by atoms with E-state index in [1.807, 2.05) is 32.0 Å². The lowest BCUT2D eigenvalue weighted by Gasteiger charge is -2.13. The predicted molar refractivity (Wildman–Crippen MR) is 73.2 cm³/mol. The maximum Gasteiger partial charge on any atom is 0.171 e. The number of hydrogen-bond acceptors (Lipinski definition) is 2. The number of rotatable bonds is 4. The first-order chi connectivity index (χ1) is 9.13. The van der Waals surface area contributed by atoms with Gasteiger partial charge in [-0.25, -0.2) is 4.39 Å². The molecule has 19 heavy (non-hydrogen) atoms. The van der Waals surface area contributed by atoms with Gasteiger partial charge in [0.2, 0.25) is 0 Å². The molecule has 0 heterocycles. The second-order valence-corrected chi connectivity index (χ2v) is 4.44. The molecule has 0 spiro atoms. The fraction of sp³-hybridized carbons (Fsp3) is 0.250. The minimum atomic E-state index is -0.365. The van der Waals surface area contributed by atoms with Gasteiger partial charge in [-0.1, -0.05) is 30.3 Å². The predicted octanol–water partition coefficient (Wildman–Crippen LogP) is 4.03. The molecule has 2 nitrogen and oxygen atoms in total. The third kappa shape index (κ3) is 2.87. The number of aryl methyl sites for hydroxylation is 2. The van der Waals surface area contributed by atoms with Crippen LogP contribution in [-0.2, 0) is 6.61 Å². The van der Waals surface area contributed by atoms with Crippen LogP contribution in [-0.4, -0.2) is 7.11 Å². The van der Waals surface area contributed by atoms with Crippen LogP contribution < -0.4 is 9.47 Å². The van der Waals surface area contributed by atoms with Gasteiger partial charge in [0.15, 0.2) is 11.6 Å². The zero-order valence-electron chi connectivity index (χ0n) is 11.4. The van der Waals surface area contributed by atoms with Crippen LogP contribution in [0.15, 0.2) is 36.4 Å². The first kappa shape index (κ1) is 13.4. The Bertz CT molecular complexity index is 559. The average molecular weight is 260 g/mol. The summed E-state index contributed by atoms with van der Waals surface area (Å²) in [5.41, 5.74) is 2.58. The number of benzene rings is 2. The fourth-order valence-electron chi connectivity index (χ4n) is 2.00. The van der Waals surface area contributed by atoms with Crippen LogP contribution in [0.3, 0.4) is 0 Å². The van der Waals surface area contributed by atoms with Crippen molar-refractivity contribution in [3.8, 4) is 11.5 Å². The summed E-state index contributed by atoms with van der Waals surface area (Å²) in [5.74, 6) is 0.684. The van der Waals surface area contributed by atoms with Gasteiger partial charge in [0.25, 0.3) is 0 Å². The minimum Gasteiger partial charge on any atom is -0.494 e. The van der Waals surface area contributed by atoms with Gasteiger partial charge in [0.1, 0.15) is 12.4 Å². The van der Waals surface area contributed by atoms with Gasteiger partial charge in [-0.2, -0.15) is 0 Å². The molecule has 0 atom stereocenters. The molecule has 2 aromatic carbocycles. The van der Waals surface area contributed by atoms with Crippen LogP contribution in [0.5, 0.6) is 11.5 Å². The lowest BCUT2D eigenvalue weighted by molar-refractivity contribution is 0.292. The highest BCUT2D eigenvalue weighted by atomic mass is 19.1. The normalized spacial score (nSPS) is 10.3. The van der Waals surface area contributed by atoms with Gasteiger partial charge in [0, 0.05) is 5.56 Å². The molecule has 2 rings (SSSR count). The van der Waals surface area contributed by atoms with E-state index in [0.717, 1.165) is 16.9 Å². The lowest BCUT2D eigenvalue weighted by atomic mass is 10.1. The molecule has 2 aromatic rings. The van der Waals surface area contributed by atoms with E-state index in [4.69, 9.17) is 9.47 Å². The zero-order valence-corrected chi connectivity index (χ0v) is 11.4. The number of methoxy groups -OCH3 is 1. The van der Waals surface area contributed by atoms with Crippen molar-refractivity contribution in [3.05, 3.63) is 58.9 Å². The third-order valence-corrected chi connectivity index (χ3v) is 3.04. The van der Waals surface area contributed by atoms with Crippen LogP contribution in [0, 0.1) is 19.7 Å². The Kier molecular flexibility index (Phi) is 4.05. The quantitative estimate of drug-likeness (QED) is 0.826. The van der Waals surface area contributed by atoms with Gasteiger partial charge in [-0.05, 0) is 31.0 Å². The molecule has 0 aliphatic rings. The SMILES string of the molecule is COc1cccc(COc2c(C)cccc2C)c1F. The van der Waals surface area contributed by atoms with Gasteiger partial charge in [-0.15, -0.1) is 0 Å². The molecule has 0 N–H and O–H groups in total. The molecule has 0 radical (unpaired) electrons. The van der Waals surface area contributed by atoms with E-state index in [1.165, 1.54) is 7.11 Å². The minimum absolute atomic E-state index is 0.189. The molecule has 0 saturated carbocycles. The van der Waals surface area contributed by atoms with Crippen molar-refractivity contribution in [3.63, 3.8) is 0 Å². The summed E-state index contributed by atoms with van der Waals surface area (Å²) in [7, 11) is 1.45. The van der Waals surface area contributed by atoms with E-state index in [-0.39, 0.29) is 18.2 Å². The highest BCUT2D eigenvalue weighted by molar-refractivity contribution is 5.40. The van der Waals surface area contributed by atoms with E-state index in [9.17, 15) is 4.39 Å². The van der Waals surface area contributed by atoms with Crippen LogP contribution >= 0.6 is 0 Å². The summed E-state index contributed by atoms with van der Waals surface area (Å²) in [5, 5.41) is 0. The molecule has 0 fully saturated rings. The Morgan fingerprint density at radius 2 is 1.63 bits per heavy atom. The van der Waals surface area contributed by atoms with Gasteiger partial charge in [0.05, 0.1) is 7.11 Å². The zero-order chi connectivity index (χ0) is 13.8. The Hall–Kier alpha value is -2.03. The molecule has 0 aromatic heterocycles. The largest absolute Gasteiger partial charge is 0.494 e. The van der Waals surface area contributed by atoms with Crippen molar-refractivity contribution < 1.29 is 13.9 Å². The topological polar surface area (TPSA) is 18.5 Å². The Morgan fingerprint density at radius 1 is 1.00 bits per heavy atom. The number of para-hydroxylation sites is 1. The summed E-state index contributed by atoms with van der Waals surface area (Å²) >= 11 is 0. The Morgan fingerprint density at radius 3 is 2.26 bits per heavy atom. The van der Waals surface area contributed by atoms with Crippen molar-refractivity contribution in [2.24, 2.45) is 0 Å². The second-order valence-electron chi connectivity index (χ2n) is 4.44. The van der Waals surface area contributed by atoms with Gasteiger partial charge in [-0.3, -0.25) is 0 Å². The summed E-state index contributed by atoms with van der Waals surface area (Å²) in [6.45, 7) is 4.14. The number of halogens is 1. The highest BCUT2D eigenvalue weighted by Crippen LogP contribution is 2.25. The third-order valence-electron chi connectivity index (χ3n) is 3.04. The van der Waals surface area contributed by atoms with E-state index in [0.29, 0.717) is 5.56 Å². The van der Waals surface area contributed by atoms with Gasteiger partial charge < -0.3 is 9.47 Å². The van der Waals surface area contributed by atoms with E-state index in [1.54, 1.807) is 18.2 Å². The van der Waals surface area contributed by atoms with Crippen molar-refractivity contribution in [2.75, 3.05) is 7.11 Å². The number of hydrogen-bond donors (Lipinski definition) is 0. The summed E-state index contributed by atoms with van der Waals surface area (Å²) < 4.78 is 24.7. The van der Waals surface area contributed by atoms with Crippen molar-refractivity contribution in [1.29, 1.82) is 0 Å². The maximum absolute atomic E-state index is 14.0. The molecular formula is C16H17FO2. The Balaban J connectivity index is 2.19. The molecule has 0 unspecified atom stereocenters. The van der Waals surface area contributed by atoms with Crippen molar-refractivity contribution >= 4 is 0 Å². The maximum atomic E-state index is 14.0. The standard InChI is InChI=1S/C16H17FO2/c1-11-6-4-7-12(2)16(11)19-10-13-8-5-9-14(18-3)15(13)17/h4-9H,10H2,1-3H3. The van der Waals surface area contributed by atoms with E-state index < -0.39 is 0 Å². The highest BCUT2D eigenvalue weighted by Gasteiger charge is 2.10. The van der Waals surface area contributed by atoms with Crippen molar-refractivity contribution in [1.82, 2.24) is 0 Å². The molecule has 0 aliphatic heterocycles. The molecular weight excluding hydrogens is 243 g/mol. The molecule has 3 heteroatoms.